The third-order valence-corrected chi connectivity index (χ3v) is 2.35. The van der Waals surface area contributed by atoms with Crippen LogP contribution in [-0.4, -0.2) is 24.3 Å². The lowest BCUT2D eigenvalue weighted by Gasteiger charge is -2.05. The highest BCUT2D eigenvalue weighted by Crippen LogP contribution is 2.17. The van der Waals surface area contributed by atoms with Crippen LogP contribution >= 0.6 is 0 Å². The van der Waals surface area contributed by atoms with Gasteiger partial charge in [-0.1, -0.05) is 37.3 Å². The fourth-order valence-corrected chi connectivity index (χ4v) is 1.76. The minimum atomic E-state index is 0.549. The minimum absolute atomic E-state index is 0.549. The van der Waals surface area contributed by atoms with E-state index in [9.17, 15) is 0 Å². The minimum Gasteiger partial charge on any atom is -0.299 e. The van der Waals surface area contributed by atoms with Gasteiger partial charge in [0.2, 0.25) is 0 Å². The fraction of sp³-hybridized carbons (Fsp3) is 0.364. The van der Waals surface area contributed by atoms with Crippen LogP contribution in [0.2, 0.25) is 0 Å². The van der Waals surface area contributed by atoms with Gasteiger partial charge in [0, 0.05) is 19.5 Å². The Kier molecular flexibility index (Phi) is 2.05. The molecule has 2 nitrogen and oxygen atoms in total. The number of hydrazone groups is 1. The van der Waals surface area contributed by atoms with Gasteiger partial charge in [-0.25, -0.2) is 0 Å². The van der Waals surface area contributed by atoms with E-state index in [1.54, 1.807) is 0 Å². The number of hydrogen-bond donors (Lipinski definition) is 0. The molecule has 0 aromatic heterocycles. The first-order valence-corrected chi connectivity index (χ1v) is 4.62. The zero-order valence-electron chi connectivity index (χ0n) is 8.07. The van der Waals surface area contributed by atoms with E-state index >= 15 is 0 Å². The van der Waals surface area contributed by atoms with Gasteiger partial charge in [0.15, 0.2) is 0 Å². The van der Waals surface area contributed by atoms with Crippen LogP contribution in [0.3, 0.4) is 0 Å². The molecule has 1 aromatic rings. The molecule has 2 heteroatoms. The maximum atomic E-state index is 4.49. The van der Waals surface area contributed by atoms with Crippen molar-refractivity contribution in [2.24, 2.45) is 11.0 Å². The molecule has 2 rings (SSSR count). The van der Waals surface area contributed by atoms with E-state index in [0.717, 1.165) is 6.54 Å². The average Bonchev–Trinajstić information content (AvgIpc) is 2.47. The number of benzene rings is 1. The van der Waals surface area contributed by atoms with Crippen molar-refractivity contribution in [3.05, 3.63) is 35.9 Å². The molecule has 0 saturated heterocycles. The molecule has 1 aliphatic heterocycles. The van der Waals surface area contributed by atoms with Gasteiger partial charge in [0.25, 0.3) is 0 Å². The highest BCUT2D eigenvalue weighted by Gasteiger charge is 2.20. The van der Waals surface area contributed by atoms with Crippen molar-refractivity contribution in [1.29, 1.82) is 0 Å². The van der Waals surface area contributed by atoms with E-state index < -0.39 is 0 Å². The summed E-state index contributed by atoms with van der Waals surface area (Å²) in [5, 5.41) is 6.50. The van der Waals surface area contributed by atoms with Gasteiger partial charge in [-0.2, -0.15) is 5.10 Å². The number of hydrogen-bond acceptors (Lipinski definition) is 2. The zero-order chi connectivity index (χ0) is 9.26. The molecule has 0 N–H and O–H groups in total. The Morgan fingerprint density at radius 3 is 2.54 bits per heavy atom. The fourth-order valence-electron chi connectivity index (χ4n) is 1.76. The van der Waals surface area contributed by atoms with Crippen molar-refractivity contribution in [3.63, 3.8) is 0 Å². The predicted molar refractivity (Wildman–Crippen MR) is 54.8 cm³/mol. The van der Waals surface area contributed by atoms with Gasteiger partial charge in [0.1, 0.15) is 0 Å². The number of rotatable bonds is 1. The quantitative estimate of drug-likeness (QED) is 0.635. The zero-order valence-corrected chi connectivity index (χ0v) is 8.07. The predicted octanol–water partition coefficient (Wildman–Crippen LogP) is 1.97. The maximum Gasteiger partial charge on any atom is 0.0723 e. The largest absolute Gasteiger partial charge is 0.299 e. The van der Waals surface area contributed by atoms with Crippen LogP contribution in [0.4, 0.5) is 0 Å². The molecule has 13 heavy (non-hydrogen) atoms. The van der Waals surface area contributed by atoms with E-state index in [2.05, 4.69) is 36.3 Å². The van der Waals surface area contributed by atoms with Gasteiger partial charge in [0.05, 0.1) is 5.71 Å². The molecule has 1 atom stereocenters. The van der Waals surface area contributed by atoms with Crippen LogP contribution in [0.15, 0.2) is 35.4 Å². The highest BCUT2D eigenvalue weighted by atomic mass is 15.5. The Labute approximate surface area is 78.9 Å². The number of nitrogens with zero attached hydrogens (tertiary/aromatic N) is 2. The summed E-state index contributed by atoms with van der Waals surface area (Å²) in [6, 6.07) is 10.4. The Morgan fingerprint density at radius 2 is 2.00 bits per heavy atom. The maximum absolute atomic E-state index is 4.49. The van der Waals surface area contributed by atoms with Gasteiger partial charge < -0.3 is 0 Å². The molecule has 0 fully saturated rings. The van der Waals surface area contributed by atoms with Crippen LogP contribution in [0.1, 0.15) is 12.5 Å². The summed E-state index contributed by atoms with van der Waals surface area (Å²) < 4.78 is 0. The lowest BCUT2D eigenvalue weighted by molar-refractivity contribution is 0.368. The lowest BCUT2D eigenvalue weighted by Crippen LogP contribution is -2.13. The smallest absolute Gasteiger partial charge is 0.0723 e. The summed E-state index contributed by atoms with van der Waals surface area (Å²) in [4.78, 5) is 0. The van der Waals surface area contributed by atoms with E-state index in [-0.39, 0.29) is 0 Å². The SMILES string of the molecule is CC1CN(C)N=C1c1ccccc1. The molecule has 0 radical (unpaired) electrons. The molecule has 1 heterocycles. The summed E-state index contributed by atoms with van der Waals surface area (Å²) in [6.07, 6.45) is 0. The van der Waals surface area contributed by atoms with Gasteiger partial charge >= 0.3 is 0 Å². The standard InChI is InChI=1S/C11H14N2/c1-9-8-13(2)12-11(9)10-6-4-3-5-7-10/h3-7,9H,8H2,1-2H3. The van der Waals surface area contributed by atoms with Gasteiger partial charge in [-0.15, -0.1) is 0 Å². The van der Waals surface area contributed by atoms with E-state index in [1.165, 1.54) is 11.3 Å². The van der Waals surface area contributed by atoms with E-state index in [4.69, 9.17) is 0 Å². The average molecular weight is 174 g/mol. The van der Waals surface area contributed by atoms with E-state index in [0.29, 0.717) is 5.92 Å². The molecule has 0 spiro atoms. The molecule has 0 aliphatic carbocycles. The van der Waals surface area contributed by atoms with Gasteiger partial charge in [-0.3, -0.25) is 5.01 Å². The van der Waals surface area contributed by atoms with Crippen molar-refractivity contribution in [2.75, 3.05) is 13.6 Å². The van der Waals surface area contributed by atoms with Crippen molar-refractivity contribution in [1.82, 2.24) is 5.01 Å². The Morgan fingerprint density at radius 1 is 1.31 bits per heavy atom. The second-order valence-corrected chi connectivity index (χ2v) is 3.59. The normalized spacial score (nSPS) is 21.8. The van der Waals surface area contributed by atoms with Crippen molar-refractivity contribution in [3.8, 4) is 0 Å². The van der Waals surface area contributed by atoms with Crippen molar-refractivity contribution in [2.45, 2.75) is 6.92 Å². The highest BCUT2D eigenvalue weighted by molar-refractivity contribution is 6.02. The van der Waals surface area contributed by atoms with Gasteiger partial charge in [-0.05, 0) is 5.56 Å². The molecule has 1 aliphatic rings. The van der Waals surface area contributed by atoms with Crippen LogP contribution in [0.25, 0.3) is 0 Å². The van der Waals surface area contributed by atoms with Crippen LogP contribution < -0.4 is 0 Å². The Hall–Kier alpha value is -1.31. The molecule has 68 valence electrons. The van der Waals surface area contributed by atoms with Crippen LogP contribution in [0, 0.1) is 5.92 Å². The molecule has 1 aromatic carbocycles. The third kappa shape index (κ3) is 1.57. The third-order valence-electron chi connectivity index (χ3n) is 2.35. The second kappa shape index (κ2) is 3.21. The van der Waals surface area contributed by atoms with Crippen LogP contribution in [0.5, 0.6) is 0 Å². The summed E-state index contributed by atoms with van der Waals surface area (Å²) >= 11 is 0. The van der Waals surface area contributed by atoms with E-state index in [1.807, 2.05) is 18.1 Å². The monoisotopic (exact) mass is 174 g/mol. The Bertz CT molecular complexity index is 316. The second-order valence-electron chi connectivity index (χ2n) is 3.59. The summed E-state index contributed by atoms with van der Waals surface area (Å²) in [5.74, 6) is 0.549. The molecular formula is C11H14N2. The molecule has 0 bridgehead atoms. The molecule has 1 unspecified atom stereocenters. The first kappa shape index (κ1) is 8.30. The topological polar surface area (TPSA) is 15.6 Å². The first-order valence-electron chi connectivity index (χ1n) is 4.62. The molecule has 0 amide bonds. The summed E-state index contributed by atoms with van der Waals surface area (Å²) in [7, 11) is 2.02. The Balaban J connectivity index is 2.32. The summed E-state index contributed by atoms with van der Waals surface area (Å²) in [6.45, 7) is 3.25. The lowest BCUT2D eigenvalue weighted by atomic mass is 10.00. The van der Waals surface area contributed by atoms with Crippen LogP contribution in [-0.2, 0) is 0 Å². The van der Waals surface area contributed by atoms with Crippen molar-refractivity contribution < 1.29 is 0 Å². The molecular weight excluding hydrogens is 160 g/mol. The first-order chi connectivity index (χ1) is 6.27. The van der Waals surface area contributed by atoms with Crippen molar-refractivity contribution >= 4 is 5.71 Å². The molecule has 0 saturated carbocycles. The summed E-state index contributed by atoms with van der Waals surface area (Å²) in [5.41, 5.74) is 2.46.